The van der Waals surface area contributed by atoms with Gasteiger partial charge in [-0.2, -0.15) is 9.78 Å². The second-order valence-electron chi connectivity index (χ2n) is 6.17. The standard InChI is InChI=1S/C20H18Br3N3O2/c1-3-4-5-18-25-17-7-6-13(21)10-14(17)20(27)26(18)24-11-12-8-15(22)19(28-2)16(23)9-12/h6-11H,3-5H2,1-2H3. The molecule has 28 heavy (non-hydrogen) atoms. The molecule has 0 spiro atoms. The van der Waals surface area contributed by atoms with Crippen molar-refractivity contribution < 1.29 is 4.74 Å². The molecule has 0 saturated carbocycles. The highest BCUT2D eigenvalue weighted by atomic mass is 79.9. The highest BCUT2D eigenvalue weighted by Gasteiger charge is 2.11. The van der Waals surface area contributed by atoms with Gasteiger partial charge in [0.1, 0.15) is 11.6 Å². The van der Waals surface area contributed by atoms with Crippen LogP contribution < -0.4 is 10.3 Å². The Morgan fingerprint density at radius 3 is 2.54 bits per heavy atom. The largest absolute Gasteiger partial charge is 0.494 e. The summed E-state index contributed by atoms with van der Waals surface area (Å²) in [5.41, 5.74) is 1.32. The summed E-state index contributed by atoms with van der Waals surface area (Å²) in [6.45, 7) is 2.11. The second kappa shape index (κ2) is 9.33. The van der Waals surface area contributed by atoms with Gasteiger partial charge in [-0.15, -0.1) is 0 Å². The Morgan fingerprint density at radius 1 is 1.18 bits per heavy atom. The molecule has 0 N–H and O–H groups in total. The van der Waals surface area contributed by atoms with Crippen LogP contribution in [0.15, 0.2) is 53.6 Å². The molecule has 5 nitrogen and oxygen atoms in total. The zero-order valence-electron chi connectivity index (χ0n) is 15.4. The molecule has 1 aromatic heterocycles. The topological polar surface area (TPSA) is 56.5 Å². The van der Waals surface area contributed by atoms with Crippen LogP contribution in [-0.2, 0) is 6.42 Å². The Balaban J connectivity index is 2.11. The molecule has 0 fully saturated rings. The Kier molecular flexibility index (Phi) is 7.06. The smallest absolute Gasteiger partial charge is 0.282 e. The number of unbranched alkanes of at least 4 members (excludes halogenated alkanes) is 1. The summed E-state index contributed by atoms with van der Waals surface area (Å²) < 4.78 is 9.15. The molecule has 8 heteroatoms. The van der Waals surface area contributed by atoms with Crippen LogP contribution in [0.1, 0.15) is 31.2 Å². The lowest BCUT2D eigenvalue weighted by molar-refractivity contribution is 0.409. The van der Waals surface area contributed by atoms with Crippen molar-refractivity contribution in [3.63, 3.8) is 0 Å². The Morgan fingerprint density at radius 2 is 1.89 bits per heavy atom. The fourth-order valence-electron chi connectivity index (χ4n) is 2.78. The number of ether oxygens (including phenoxy) is 1. The third-order valence-electron chi connectivity index (χ3n) is 4.18. The van der Waals surface area contributed by atoms with Gasteiger partial charge in [0.25, 0.3) is 5.56 Å². The molecule has 146 valence electrons. The van der Waals surface area contributed by atoms with Crippen molar-refractivity contribution in [3.05, 3.63) is 65.5 Å². The molecule has 0 aliphatic rings. The molecule has 0 radical (unpaired) electrons. The Hall–Kier alpha value is -1.51. The minimum Gasteiger partial charge on any atom is -0.494 e. The first-order chi connectivity index (χ1) is 13.4. The third-order valence-corrected chi connectivity index (χ3v) is 5.85. The predicted octanol–water partition coefficient (Wildman–Crippen LogP) is 5.92. The van der Waals surface area contributed by atoms with E-state index in [1.807, 2.05) is 24.3 Å². The molecule has 1 heterocycles. The lowest BCUT2D eigenvalue weighted by Gasteiger charge is -2.10. The number of rotatable bonds is 6. The summed E-state index contributed by atoms with van der Waals surface area (Å²) in [5, 5.41) is 5.00. The fourth-order valence-corrected chi connectivity index (χ4v) is 4.69. The first-order valence-corrected chi connectivity index (χ1v) is 11.1. The van der Waals surface area contributed by atoms with Gasteiger partial charge < -0.3 is 4.74 Å². The van der Waals surface area contributed by atoms with Crippen LogP contribution in [0.3, 0.4) is 0 Å². The van der Waals surface area contributed by atoms with Crippen molar-refractivity contribution in [2.24, 2.45) is 5.10 Å². The summed E-state index contributed by atoms with van der Waals surface area (Å²) in [6, 6.07) is 9.28. The van der Waals surface area contributed by atoms with Gasteiger partial charge in [-0.05, 0) is 74.2 Å². The van der Waals surface area contributed by atoms with Crippen molar-refractivity contribution in [2.75, 3.05) is 7.11 Å². The van der Waals surface area contributed by atoms with Gasteiger partial charge in [-0.3, -0.25) is 4.79 Å². The predicted molar refractivity (Wildman–Crippen MR) is 124 cm³/mol. The summed E-state index contributed by atoms with van der Waals surface area (Å²) >= 11 is 10.4. The van der Waals surface area contributed by atoms with Crippen LogP contribution in [0, 0.1) is 0 Å². The quantitative estimate of drug-likeness (QED) is 0.345. The van der Waals surface area contributed by atoms with E-state index in [2.05, 4.69) is 64.8 Å². The van der Waals surface area contributed by atoms with E-state index in [1.165, 1.54) is 4.68 Å². The number of halogens is 3. The van der Waals surface area contributed by atoms with Crippen LogP contribution in [0.4, 0.5) is 0 Å². The molecule has 0 aliphatic carbocycles. The monoisotopic (exact) mass is 569 g/mol. The number of fused-ring (bicyclic) bond motifs is 1. The molecule has 2 aromatic carbocycles. The summed E-state index contributed by atoms with van der Waals surface area (Å²) in [5.74, 6) is 1.36. The van der Waals surface area contributed by atoms with E-state index in [1.54, 1.807) is 19.4 Å². The third kappa shape index (κ3) is 4.55. The summed E-state index contributed by atoms with van der Waals surface area (Å²) in [7, 11) is 1.61. The number of benzene rings is 2. The van der Waals surface area contributed by atoms with Crippen LogP contribution in [0.2, 0.25) is 0 Å². The second-order valence-corrected chi connectivity index (χ2v) is 8.80. The molecule has 0 amide bonds. The minimum absolute atomic E-state index is 0.180. The molecule has 0 aliphatic heterocycles. The van der Waals surface area contributed by atoms with E-state index >= 15 is 0 Å². The first-order valence-electron chi connectivity index (χ1n) is 8.73. The lowest BCUT2D eigenvalue weighted by Crippen LogP contribution is -2.22. The Bertz CT molecular complexity index is 1090. The molecule has 0 atom stereocenters. The number of hydrogen-bond acceptors (Lipinski definition) is 4. The van der Waals surface area contributed by atoms with Gasteiger partial charge in [0.05, 0.1) is 33.2 Å². The van der Waals surface area contributed by atoms with Crippen LogP contribution in [0.25, 0.3) is 10.9 Å². The highest BCUT2D eigenvalue weighted by molar-refractivity contribution is 9.11. The minimum atomic E-state index is -0.180. The molecule has 0 unspecified atom stereocenters. The first kappa shape index (κ1) is 21.2. The average molecular weight is 572 g/mol. The van der Waals surface area contributed by atoms with Gasteiger partial charge in [-0.1, -0.05) is 29.3 Å². The molecule has 0 saturated heterocycles. The number of hydrogen-bond donors (Lipinski definition) is 0. The maximum Gasteiger partial charge on any atom is 0.282 e. The van der Waals surface area contributed by atoms with Gasteiger partial charge in [0, 0.05) is 10.9 Å². The maximum atomic E-state index is 13.1. The Labute approximate surface area is 188 Å². The summed E-state index contributed by atoms with van der Waals surface area (Å²) in [6.07, 6.45) is 4.28. The normalized spacial score (nSPS) is 11.5. The number of aryl methyl sites for hydroxylation is 1. The zero-order valence-corrected chi connectivity index (χ0v) is 20.1. The van der Waals surface area contributed by atoms with Gasteiger partial charge >= 0.3 is 0 Å². The van der Waals surface area contributed by atoms with E-state index in [4.69, 9.17) is 4.74 Å². The molecule has 3 rings (SSSR count). The maximum absolute atomic E-state index is 13.1. The van der Waals surface area contributed by atoms with Crippen molar-refractivity contribution in [3.8, 4) is 5.75 Å². The number of aromatic nitrogens is 2. The summed E-state index contributed by atoms with van der Waals surface area (Å²) in [4.78, 5) is 17.7. The lowest BCUT2D eigenvalue weighted by atomic mass is 10.2. The molecular weight excluding hydrogens is 554 g/mol. The average Bonchev–Trinajstić information content (AvgIpc) is 2.66. The van der Waals surface area contributed by atoms with Gasteiger partial charge in [0.15, 0.2) is 0 Å². The number of methoxy groups -OCH3 is 1. The zero-order chi connectivity index (χ0) is 20.3. The fraction of sp³-hybridized carbons (Fsp3) is 0.250. The van der Waals surface area contributed by atoms with Crippen LogP contribution in [0.5, 0.6) is 5.75 Å². The van der Waals surface area contributed by atoms with E-state index in [-0.39, 0.29) is 5.56 Å². The molecule has 0 bridgehead atoms. The van der Waals surface area contributed by atoms with Crippen molar-refractivity contribution in [2.45, 2.75) is 26.2 Å². The molecular formula is C20H18Br3N3O2. The van der Waals surface area contributed by atoms with Gasteiger partial charge in [-0.25, -0.2) is 4.98 Å². The van der Waals surface area contributed by atoms with Gasteiger partial charge in [0.2, 0.25) is 0 Å². The van der Waals surface area contributed by atoms with Crippen molar-refractivity contribution >= 4 is 64.9 Å². The SMILES string of the molecule is CCCCc1nc2ccc(Br)cc2c(=O)n1N=Cc1cc(Br)c(OC)c(Br)c1. The van der Waals surface area contributed by atoms with Crippen molar-refractivity contribution in [1.29, 1.82) is 0 Å². The molecule has 3 aromatic rings. The van der Waals surface area contributed by atoms with Crippen LogP contribution in [-0.4, -0.2) is 23.0 Å². The van der Waals surface area contributed by atoms with Crippen LogP contribution >= 0.6 is 47.8 Å². The van der Waals surface area contributed by atoms with E-state index < -0.39 is 0 Å². The van der Waals surface area contributed by atoms with E-state index in [0.717, 1.165) is 31.8 Å². The highest BCUT2D eigenvalue weighted by Crippen LogP contribution is 2.34. The van der Waals surface area contributed by atoms with E-state index in [9.17, 15) is 4.79 Å². The van der Waals surface area contributed by atoms with Crippen molar-refractivity contribution in [1.82, 2.24) is 9.66 Å². The van der Waals surface area contributed by atoms with E-state index in [0.29, 0.717) is 28.9 Å². The number of nitrogens with zero attached hydrogens (tertiary/aromatic N) is 3.